The van der Waals surface area contributed by atoms with Crippen LogP contribution in [0.4, 0.5) is 0 Å². The molecular weight excluding hydrogens is 410 g/mol. The van der Waals surface area contributed by atoms with E-state index in [2.05, 4.69) is 40.2 Å². The molecule has 3 aromatic carbocycles. The van der Waals surface area contributed by atoms with Gasteiger partial charge in [-0.3, -0.25) is 4.79 Å². The third-order valence-electron chi connectivity index (χ3n) is 5.74. The predicted octanol–water partition coefficient (Wildman–Crippen LogP) is 5.48. The topological polar surface area (TPSA) is 67.0 Å². The smallest absolute Gasteiger partial charge is 0.262 e. The number of hydrogen-bond donors (Lipinski definition) is 1. The second kappa shape index (κ2) is 9.46. The highest BCUT2D eigenvalue weighted by molar-refractivity contribution is 6.01. The average Bonchev–Trinajstić information content (AvgIpc) is 3.13. The Kier molecular flexibility index (Phi) is 6.28. The molecule has 164 valence electrons. The largest absolute Gasteiger partial charge is 0.497 e. The standard InChI is InChI=1S/C28H25N3O2/c1-19-14-24(20(2)31(19)26-11-10-22-6-4-5-7-23(22)16-26)15-25(17-29)28(32)30-18-21-8-12-27(33-3)13-9-21/h4-16H,18H2,1-3H3,(H,30,32)/b25-15-. The molecule has 1 aromatic heterocycles. The van der Waals surface area contributed by atoms with E-state index in [9.17, 15) is 10.1 Å². The van der Waals surface area contributed by atoms with E-state index in [1.165, 1.54) is 5.39 Å². The van der Waals surface area contributed by atoms with Crippen molar-refractivity contribution in [3.63, 3.8) is 0 Å². The number of fused-ring (bicyclic) bond motifs is 1. The number of rotatable bonds is 6. The number of benzene rings is 3. The van der Waals surface area contributed by atoms with E-state index in [-0.39, 0.29) is 5.57 Å². The summed E-state index contributed by atoms with van der Waals surface area (Å²) in [5.41, 5.74) is 4.89. The number of nitriles is 1. The van der Waals surface area contributed by atoms with Gasteiger partial charge in [0.1, 0.15) is 17.4 Å². The summed E-state index contributed by atoms with van der Waals surface area (Å²) in [5.74, 6) is 0.355. The fourth-order valence-corrected chi connectivity index (χ4v) is 3.97. The monoisotopic (exact) mass is 435 g/mol. The molecular formula is C28H25N3O2. The number of aryl methyl sites for hydroxylation is 1. The Balaban J connectivity index is 1.57. The number of amides is 1. The number of aromatic nitrogens is 1. The van der Waals surface area contributed by atoms with Crippen molar-refractivity contribution in [1.29, 1.82) is 5.26 Å². The minimum absolute atomic E-state index is 0.0715. The Labute approximate surface area is 193 Å². The lowest BCUT2D eigenvalue weighted by Gasteiger charge is -2.11. The van der Waals surface area contributed by atoms with Crippen LogP contribution in [0, 0.1) is 25.2 Å². The van der Waals surface area contributed by atoms with Gasteiger partial charge < -0.3 is 14.6 Å². The first kappa shape index (κ1) is 21.9. The van der Waals surface area contributed by atoms with Crippen molar-refractivity contribution in [3.05, 3.63) is 101 Å². The first-order chi connectivity index (χ1) is 16.0. The van der Waals surface area contributed by atoms with E-state index in [1.807, 2.05) is 62.4 Å². The molecule has 0 saturated heterocycles. The molecule has 0 radical (unpaired) electrons. The number of ether oxygens (including phenoxy) is 1. The number of nitrogens with zero attached hydrogens (tertiary/aromatic N) is 2. The van der Waals surface area contributed by atoms with Gasteiger partial charge in [0.25, 0.3) is 5.91 Å². The summed E-state index contributed by atoms with van der Waals surface area (Å²) in [6.07, 6.45) is 1.66. The van der Waals surface area contributed by atoms with Crippen molar-refractivity contribution < 1.29 is 9.53 Å². The van der Waals surface area contributed by atoms with Gasteiger partial charge in [0, 0.05) is 23.6 Å². The van der Waals surface area contributed by atoms with Crippen molar-refractivity contribution in [3.8, 4) is 17.5 Å². The third-order valence-corrected chi connectivity index (χ3v) is 5.74. The molecule has 0 aliphatic carbocycles. The van der Waals surface area contributed by atoms with E-state index < -0.39 is 5.91 Å². The molecule has 1 amide bonds. The van der Waals surface area contributed by atoms with Crippen LogP contribution < -0.4 is 10.1 Å². The molecule has 5 nitrogen and oxygen atoms in total. The van der Waals surface area contributed by atoms with Crippen molar-refractivity contribution >= 4 is 22.8 Å². The van der Waals surface area contributed by atoms with Gasteiger partial charge in [-0.2, -0.15) is 5.26 Å². The molecule has 0 aliphatic rings. The fourth-order valence-electron chi connectivity index (χ4n) is 3.97. The van der Waals surface area contributed by atoms with Crippen LogP contribution in [0.1, 0.15) is 22.5 Å². The first-order valence-electron chi connectivity index (χ1n) is 10.7. The minimum Gasteiger partial charge on any atom is -0.497 e. The van der Waals surface area contributed by atoms with Crippen molar-refractivity contribution in [2.24, 2.45) is 0 Å². The number of hydrogen-bond acceptors (Lipinski definition) is 3. The summed E-state index contributed by atoms with van der Waals surface area (Å²) in [6, 6.07) is 26.1. The molecule has 4 rings (SSSR count). The number of nitrogens with one attached hydrogen (secondary N) is 1. The van der Waals surface area contributed by atoms with E-state index in [4.69, 9.17) is 4.74 Å². The Hall–Kier alpha value is -4.30. The highest BCUT2D eigenvalue weighted by Crippen LogP contribution is 2.25. The SMILES string of the molecule is COc1ccc(CNC(=O)/C(C#N)=C\c2cc(C)n(-c3ccc4ccccc4c3)c2C)cc1. The summed E-state index contributed by atoms with van der Waals surface area (Å²) >= 11 is 0. The van der Waals surface area contributed by atoms with Crippen molar-refractivity contribution in [1.82, 2.24) is 9.88 Å². The van der Waals surface area contributed by atoms with Crippen LogP contribution in [-0.4, -0.2) is 17.6 Å². The second-order valence-corrected chi connectivity index (χ2v) is 7.89. The van der Waals surface area contributed by atoms with Crippen LogP contribution in [0.3, 0.4) is 0 Å². The molecule has 0 bridgehead atoms. The van der Waals surface area contributed by atoms with Gasteiger partial charge in [0.2, 0.25) is 0 Å². The Morgan fingerprint density at radius 2 is 1.76 bits per heavy atom. The maximum atomic E-state index is 12.7. The van der Waals surface area contributed by atoms with Gasteiger partial charge in [-0.05, 0) is 72.2 Å². The predicted molar refractivity (Wildman–Crippen MR) is 131 cm³/mol. The van der Waals surface area contributed by atoms with Crippen molar-refractivity contribution in [2.75, 3.05) is 7.11 Å². The zero-order chi connectivity index (χ0) is 23.4. The van der Waals surface area contributed by atoms with Gasteiger partial charge in [-0.1, -0.05) is 42.5 Å². The summed E-state index contributed by atoms with van der Waals surface area (Å²) in [6.45, 7) is 4.35. The quantitative estimate of drug-likeness (QED) is 0.322. The van der Waals surface area contributed by atoms with Crippen LogP contribution in [0.2, 0.25) is 0 Å². The lowest BCUT2D eigenvalue weighted by atomic mass is 10.1. The molecule has 1 heterocycles. The summed E-state index contributed by atoms with van der Waals surface area (Å²) in [7, 11) is 1.61. The van der Waals surface area contributed by atoms with E-state index in [1.54, 1.807) is 13.2 Å². The zero-order valence-electron chi connectivity index (χ0n) is 18.9. The number of carbonyl (C=O) groups excluding carboxylic acids is 1. The molecule has 1 N–H and O–H groups in total. The van der Waals surface area contributed by atoms with Gasteiger partial charge in [-0.15, -0.1) is 0 Å². The summed E-state index contributed by atoms with van der Waals surface area (Å²) in [5, 5.41) is 14.8. The molecule has 0 atom stereocenters. The lowest BCUT2D eigenvalue weighted by Crippen LogP contribution is -2.23. The van der Waals surface area contributed by atoms with Crippen LogP contribution in [0.25, 0.3) is 22.5 Å². The fraction of sp³-hybridized carbons (Fsp3) is 0.143. The van der Waals surface area contributed by atoms with Crippen LogP contribution in [-0.2, 0) is 11.3 Å². The van der Waals surface area contributed by atoms with Crippen LogP contribution >= 0.6 is 0 Å². The van der Waals surface area contributed by atoms with Crippen LogP contribution in [0.15, 0.2) is 78.4 Å². The molecule has 4 aromatic rings. The summed E-state index contributed by atoms with van der Waals surface area (Å²) < 4.78 is 7.29. The molecule has 0 spiro atoms. The van der Waals surface area contributed by atoms with Crippen LogP contribution in [0.5, 0.6) is 5.75 Å². The molecule has 0 aliphatic heterocycles. The molecule has 0 saturated carbocycles. The maximum absolute atomic E-state index is 12.7. The van der Waals surface area contributed by atoms with E-state index >= 15 is 0 Å². The third kappa shape index (κ3) is 4.65. The first-order valence-corrected chi connectivity index (χ1v) is 10.7. The highest BCUT2D eigenvalue weighted by atomic mass is 16.5. The summed E-state index contributed by atoms with van der Waals surface area (Å²) in [4.78, 5) is 12.7. The van der Waals surface area contributed by atoms with Gasteiger partial charge >= 0.3 is 0 Å². The molecule has 33 heavy (non-hydrogen) atoms. The molecule has 0 fully saturated rings. The second-order valence-electron chi connectivity index (χ2n) is 7.89. The Morgan fingerprint density at radius 3 is 2.45 bits per heavy atom. The molecule has 0 unspecified atom stereocenters. The Morgan fingerprint density at radius 1 is 1.03 bits per heavy atom. The van der Waals surface area contributed by atoms with E-state index in [0.29, 0.717) is 6.54 Å². The van der Waals surface area contributed by atoms with Gasteiger partial charge in [0.05, 0.1) is 7.11 Å². The zero-order valence-corrected chi connectivity index (χ0v) is 18.9. The van der Waals surface area contributed by atoms with Gasteiger partial charge in [-0.25, -0.2) is 0 Å². The number of methoxy groups -OCH3 is 1. The van der Waals surface area contributed by atoms with Crippen molar-refractivity contribution in [2.45, 2.75) is 20.4 Å². The molecule has 5 heteroatoms. The van der Waals surface area contributed by atoms with Gasteiger partial charge in [0.15, 0.2) is 0 Å². The van der Waals surface area contributed by atoms with E-state index in [0.717, 1.165) is 39.3 Å². The highest BCUT2D eigenvalue weighted by Gasteiger charge is 2.14. The average molecular weight is 436 g/mol. The maximum Gasteiger partial charge on any atom is 0.262 e. The lowest BCUT2D eigenvalue weighted by molar-refractivity contribution is -0.117. The number of carbonyl (C=O) groups is 1. The normalized spacial score (nSPS) is 11.3. The minimum atomic E-state index is -0.399. The Bertz CT molecular complexity index is 1390.